The van der Waals surface area contributed by atoms with Gasteiger partial charge in [0.05, 0.1) is 10.2 Å². The first-order chi connectivity index (χ1) is 16.7. The Labute approximate surface area is 216 Å². The molecule has 0 heterocycles. The molecule has 0 fully saturated rings. The third kappa shape index (κ3) is 10.4. The first kappa shape index (κ1) is 28.7. The van der Waals surface area contributed by atoms with Crippen LogP contribution in [0.2, 0.25) is 0 Å². The molecule has 0 unspecified atom stereocenters. The van der Waals surface area contributed by atoms with E-state index in [1.54, 1.807) is 6.07 Å². The molecule has 0 aromatic heterocycles. The topological polar surface area (TPSA) is 63.6 Å². The fraction of sp³-hybridized carbons (Fsp3) is 0.621. The summed E-state index contributed by atoms with van der Waals surface area (Å²) in [5, 5.41) is 11.3. The number of fused-ring (bicyclic) bond motifs is 1. The zero-order valence-electron chi connectivity index (χ0n) is 21.0. The van der Waals surface area contributed by atoms with E-state index in [4.69, 9.17) is 4.74 Å². The second-order valence-electron chi connectivity index (χ2n) is 9.32. The smallest absolute Gasteiger partial charge is 0.340 e. The van der Waals surface area contributed by atoms with E-state index in [2.05, 4.69) is 6.92 Å². The summed E-state index contributed by atoms with van der Waals surface area (Å²) >= 11 is -1.62. The van der Waals surface area contributed by atoms with Crippen molar-refractivity contribution in [1.29, 1.82) is 0 Å². The summed E-state index contributed by atoms with van der Waals surface area (Å²) in [6.45, 7) is 2.77. The molecule has 0 bridgehead atoms. The van der Waals surface area contributed by atoms with E-state index < -0.39 is 27.2 Å². The second-order valence-corrected chi connectivity index (χ2v) is 10.8. The van der Waals surface area contributed by atoms with Crippen LogP contribution in [-0.2, 0) is 3.07 Å². The molecule has 0 amide bonds. The third-order valence-corrected chi connectivity index (χ3v) is 8.06. The Bertz CT molecular complexity index is 865. The number of hydrogen-bond donors (Lipinski definition) is 1. The van der Waals surface area contributed by atoms with Crippen LogP contribution < -0.4 is 4.74 Å². The molecule has 0 atom stereocenters. The Kier molecular flexibility index (Phi) is 15.1. The van der Waals surface area contributed by atoms with Crippen molar-refractivity contribution in [3.8, 4) is 5.75 Å². The van der Waals surface area contributed by atoms with Crippen molar-refractivity contribution in [2.75, 3.05) is 6.61 Å². The first-order valence-electron chi connectivity index (χ1n) is 13.4. The maximum atomic E-state index is 11.8. The molecule has 0 aliphatic rings. The van der Waals surface area contributed by atoms with Gasteiger partial charge in [0.15, 0.2) is 21.2 Å². The SMILES string of the molecule is CCCCCCCCCCCCCCCCCCOc1cc2ccccc2c(I=O)c1C(=O)O. The van der Waals surface area contributed by atoms with Gasteiger partial charge >= 0.3 is 5.97 Å². The van der Waals surface area contributed by atoms with Crippen molar-refractivity contribution in [3.63, 3.8) is 0 Å². The lowest BCUT2D eigenvalue weighted by Crippen LogP contribution is -2.07. The van der Waals surface area contributed by atoms with Crippen molar-refractivity contribution in [1.82, 2.24) is 0 Å². The van der Waals surface area contributed by atoms with Crippen LogP contribution in [0.1, 0.15) is 120 Å². The molecule has 2 rings (SSSR count). The van der Waals surface area contributed by atoms with Crippen molar-refractivity contribution in [3.05, 3.63) is 39.5 Å². The van der Waals surface area contributed by atoms with Gasteiger partial charge < -0.3 is 9.84 Å². The van der Waals surface area contributed by atoms with E-state index in [0.717, 1.165) is 23.6 Å². The number of carbonyl (C=O) groups is 1. The van der Waals surface area contributed by atoms with Crippen molar-refractivity contribution < 1.29 is 17.7 Å². The zero-order valence-corrected chi connectivity index (χ0v) is 23.1. The van der Waals surface area contributed by atoms with Crippen molar-refractivity contribution >= 4 is 37.9 Å². The molecule has 190 valence electrons. The molecule has 0 aliphatic heterocycles. The Hall–Kier alpha value is -1.50. The molecule has 2 aromatic carbocycles. The average molecular weight is 583 g/mol. The van der Waals surface area contributed by atoms with Crippen LogP contribution in [-0.4, -0.2) is 17.7 Å². The van der Waals surface area contributed by atoms with Gasteiger partial charge in [-0.15, -0.1) is 0 Å². The van der Waals surface area contributed by atoms with Crippen molar-refractivity contribution in [2.45, 2.75) is 110 Å². The quantitative estimate of drug-likeness (QED) is 0.125. The van der Waals surface area contributed by atoms with Crippen LogP contribution >= 0.6 is 21.2 Å². The molecule has 0 saturated heterocycles. The minimum atomic E-state index is -1.62. The number of halogens is 1. The zero-order chi connectivity index (χ0) is 24.4. The number of aromatic carboxylic acids is 1. The summed E-state index contributed by atoms with van der Waals surface area (Å²) in [5.74, 6) is -0.726. The van der Waals surface area contributed by atoms with Crippen LogP contribution in [0.3, 0.4) is 0 Å². The van der Waals surface area contributed by atoms with Crippen LogP contribution in [0.4, 0.5) is 0 Å². The molecule has 0 radical (unpaired) electrons. The van der Waals surface area contributed by atoms with Crippen LogP contribution in [0.5, 0.6) is 5.75 Å². The molecule has 0 aliphatic carbocycles. The largest absolute Gasteiger partial charge is 0.493 e. The van der Waals surface area contributed by atoms with E-state index >= 15 is 0 Å². The highest BCUT2D eigenvalue weighted by molar-refractivity contribution is 14.1. The summed E-state index contributed by atoms with van der Waals surface area (Å²) in [6, 6.07) is 9.25. The predicted octanol–water partition coefficient (Wildman–Crippen LogP) is 9.66. The van der Waals surface area contributed by atoms with E-state index in [0.29, 0.717) is 15.9 Å². The van der Waals surface area contributed by atoms with Gasteiger partial charge in [-0.1, -0.05) is 128 Å². The minimum Gasteiger partial charge on any atom is -0.493 e. The van der Waals surface area contributed by atoms with Gasteiger partial charge in [-0.25, -0.2) is 4.79 Å². The number of benzene rings is 2. The predicted molar refractivity (Wildman–Crippen MR) is 149 cm³/mol. The molecular weight excluding hydrogens is 539 g/mol. The number of ether oxygens (including phenoxy) is 1. The monoisotopic (exact) mass is 582 g/mol. The van der Waals surface area contributed by atoms with Gasteiger partial charge in [0, 0.05) is 0 Å². The molecule has 0 spiro atoms. The van der Waals surface area contributed by atoms with E-state index in [1.165, 1.54) is 89.9 Å². The van der Waals surface area contributed by atoms with Gasteiger partial charge in [0.1, 0.15) is 11.3 Å². The number of carboxylic acid groups (broad SMARTS) is 1. The fourth-order valence-corrected chi connectivity index (χ4v) is 5.95. The molecule has 1 N–H and O–H groups in total. The normalized spacial score (nSPS) is 11.2. The minimum absolute atomic E-state index is 0.0676. The molecule has 34 heavy (non-hydrogen) atoms. The van der Waals surface area contributed by atoms with Gasteiger partial charge in [0.2, 0.25) is 0 Å². The highest BCUT2D eigenvalue weighted by atomic mass is 127. The lowest BCUT2D eigenvalue weighted by Gasteiger charge is -2.13. The fourth-order valence-electron chi connectivity index (χ4n) is 4.50. The molecule has 5 heteroatoms. The highest BCUT2D eigenvalue weighted by Crippen LogP contribution is 2.34. The van der Waals surface area contributed by atoms with Crippen LogP contribution in [0.15, 0.2) is 30.3 Å². The summed E-state index contributed by atoms with van der Waals surface area (Å²) in [6.07, 6.45) is 21.1. The van der Waals surface area contributed by atoms with E-state index in [1.807, 2.05) is 24.3 Å². The molecular formula is C29H43IO4. The summed E-state index contributed by atoms with van der Waals surface area (Å²) in [7, 11) is 0. The second kappa shape index (κ2) is 17.9. The molecule has 0 saturated carbocycles. The van der Waals surface area contributed by atoms with E-state index in [9.17, 15) is 13.0 Å². The van der Waals surface area contributed by atoms with Gasteiger partial charge in [-0.2, -0.15) is 0 Å². The maximum absolute atomic E-state index is 11.8. The van der Waals surface area contributed by atoms with Crippen LogP contribution in [0, 0.1) is 3.57 Å². The Morgan fingerprint density at radius 3 is 1.79 bits per heavy atom. The van der Waals surface area contributed by atoms with Gasteiger partial charge in [0.25, 0.3) is 0 Å². The van der Waals surface area contributed by atoms with Gasteiger partial charge in [-0.3, -0.25) is 3.07 Å². The Morgan fingerprint density at radius 2 is 1.29 bits per heavy atom. The number of carboxylic acids is 1. The number of unbranched alkanes of at least 4 members (excludes halogenated alkanes) is 15. The highest BCUT2D eigenvalue weighted by Gasteiger charge is 2.20. The molecule has 4 nitrogen and oxygen atoms in total. The summed E-state index contributed by atoms with van der Waals surface area (Å²) < 4.78 is 18.1. The Morgan fingerprint density at radius 1 is 0.794 bits per heavy atom. The Balaban J connectivity index is 1.55. The summed E-state index contributed by atoms with van der Waals surface area (Å²) in [5.41, 5.74) is 0.0676. The maximum Gasteiger partial charge on any atom is 0.340 e. The third-order valence-electron chi connectivity index (χ3n) is 6.50. The number of hydrogen-bond acceptors (Lipinski definition) is 3. The molecule has 2 aromatic rings. The van der Waals surface area contributed by atoms with Gasteiger partial charge in [-0.05, 0) is 23.3 Å². The lowest BCUT2D eigenvalue weighted by atomic mass is 10.0. The standard InChI is InChI=1S/C29H43IO4/c1-2-3-4-5-6-7-8-9-10-11-12-13-14-15-16-19-22-34-26-23-24-20-17-18-21-25(24)28(30-33)27(26)29(31)32/h17-18,20-21,23H,2-16,19,22H2,1H3,(H,31,32). The number of rotatable bonds is 20. The van der Waals surface area contributed by atoms with Crippen LogP contribution in [0.25, 0.3) is 10.8 Å². The van der Waals surface area contributed by atoms with E-state index in [-0.39, 0.29) is 5.56 Å². The summed E-state index contributed by atoms with van der Waals surface area (Å²) in [4.78, 5) is 11.8. The average Bonchev–Trinajstić information content (AvgIpc) is 2.84. The van der Waals surface area contributed by atoms with Crippen molar-refractivity contribution in [2.24, 2.45) is 0 Å². The first-order valence-corrected chi connectivity index (χ1v) is 15.3. The lowest BCUT2D eigenvalue weighted by molar-refractivity contribution is 0.0691.